The SMILES string of the molecule is Cn1c(CO)nnc1[C@H]1CCCN(Cc2ccc(OC3CCCC3)cc2)C1. The molecule has 0 amide bonds. The van der Waals surface area contributed by atoms with Gasteiger partial charge >= 0.3 is 0 Å². The summed E-state index contributed by atoms with van der Waals surface area (Å²) >= 11 is 0. The Balaban J connectivity index is 1.35. The molecular weight excluding hydrogens is 340 g/mol. The number of benzene rings is 1. The van der Waals surface area contributed by atoms with E-state index >= 15 is 0 Å². The largest absolute Gasteiger partial charge is 0.490 e. The summed E-state index contributed by atoms with van der Waals surface area (Å²) in [5.41, 5.74) is 1.32. The van der Waals surface area contributed by atoms with E-state index in [0.29, 0.717) is 17.8 Å². The molecule has 2 fully saturated rings. The van der Waals surface area contributed by atoms with Crippen LogP contribution in [0.5, 0.6) is 5.75 Å². The molecule has 2 heterocycles. The molecule has 2 aliphatic rings. The van der Waals surface area contributed by atoms with E-state index in [1.807, 2.05) is 11.6 Å². The third-order valence-electron chi connectivity index (χ3n) is 5.95. The van der Waals surface area contributed by atoms with Crippen LogP contribution in [0, 0.1) is 0 Å². The summed E-state index contributed by atoms with van der Waals surface area (Å²) < 4.78 is 8.02. The molecule has 0 spiro atoms. The number of aliphatic hydroxyl groups is 1. The third kappa shape index (κ3) is 4.33. The van der Waals surface area contributed by atoms with E-state index in [-0.39, 0.29) is 6.61 Å². The molecule has 1 atom stereocenters. The summed E-state index contributed by atoms with van der Waals surface area (Å²) in [5, 5.41) is 17.8. The molecule has 146 valence electrons. The number of aromatic nitrogens is 3. The highest BCUT2D eigenvalue weighted by Crippen LogP contribution is 2.28. The first kappa shape index (κ1) is 18.4. The van der Waals surface area contributed by atoms with Gasteiger partial charge in [-0.2, -0.15) is 0 Å². The summed E-state index contributed by atoms with van der Waals surface area (Å²) in [7, 11) is 1.95. The van der Waals surface area contributed by atoms with E-state index in [2.05, 4.69) is 39.4 Å². The topological polar surface area (TPSA) is 63.4 Å². The number of piperidine rings is 1. The molecule has 6 heteroatoms. The predicted molar refractivity (Wildman–Crippen MR) is 104 cm³/mol. The molecule has 0 unspecified atom stereocenters. The van der Waals surface area contributed by atoms with Gasteiger partial charge in [-0.3, -0.25) is 4.90 Å². The molecule has 1 aromatic heterocycles. The lowest BCUT2D eigenvalue weighted by Gasteiger charge is -2.32. The van der Waals surface area contributed by atoms with Crippen LogP contribution in [0.4, 0.5) is 0 Å². The average Bonchev–Trinajstić information content (AvgIpc) is 3.33. The van der Waals surface area contributed by atoms with Crippen molar-refractivity contribution in [3.63, 3.8) is 0 Å². The van der Waals surface area contributed by atoms with Crippen LogP contribution in [0.1, 0.15) is 61.7 Å². The number of hydrogen-bond donors (Lipinski definition) is 1. The van der Waals surface area contributed by atoms with Gasteiger partial charge < -0.3 is 14.4 Å². The maximum atomic E-state index is 9.34. The van der Waals surface area contributed by atoms with E-state index in [1.165, 1.54) is 31.2 Å². The van der Waals surface area contributed by atoms with E-state index in [1.54, 1.807) is 0 Å². The number of hydrogen-bond acceptors (Lipinski definition) is 5. The summed E-state index contributed by atoms with van der Waals surface area (Å²) in [5.74, 6) is 3.00. The van der Waals surface area contributed by atoms with Gasteiger partial charge in [0.1, 0.15) is 18.2 Å². The van der Waals surface area contributed by atoms with Crippen LogP contribution in [-0.4, -0.2) is 44.0 Å². The monoisotopic (exact) mass is 370 g/mol. The highest BCUT2D eigenvalue weighted by Gasteiger charge is 2.26. The number of nitrogens with zero attached hydrogens (tertiary/aromatic N) is 4. The Morgan fingerprint density at radius 2 is 1.85 bits per heavy atom. The number of rotatable bonds is 6. The summed E-state index contributed by atoms with van der Waals surface area (Å²) in [6.45, 7) is 2.99. The summed E-state index contributed by atoms with van der Waals surface area (Å²) in [6.07, 6.45) is 7.67. The summed E-state index contributed by atoms with van der Waals surface area (Å²) in [6, 6.07) is 8.62. The van der Waals surface area contributed by atoms with Crippen molar-refractivity contribution < 1.29 is 9.84 Å². The maximum Gasteiger partial charge on any atom is 0.158 e. The predicted octanol–water partition coefficient (Wildman–Crippen LogP) is 3.01. The lowest BCUT2D eigenvalue weighted by atomic mass is 9.96. The zero-order valence-corrected chi connectivity index (χ0v) is 16.2. The molecule has 1 aliphatic carbocycles. The van der Waals surface area contributed by atoms with Gasteiger partial charge in [0, 0.05) is 26.1 Å². The molecule has 1 aliphatic heterocycles. The van der Waals surface area contributed by atoms with Crippen molar-refractivity contribution in [1.29, 1.82) is 0 Å². The molecular formula is C21H30N4O2. The van der Waals surface area contributed by atoms with Gasteiger partial charge in [-0.25, -0.2) is 0 Å². The molecule has 0 radical (unpaired) electrons. The zero-order valence-electron chi connectivity index (χ0n) is 16.2. The molecule has 1 saturated carbocycles. The Kier molecular flexibility index (Phi) is 5.74. The Hall–Kier alpha value is -1.92. The number of ether oxygens (including phenoxy) is 1. The minimum absolute atomic E-state index is 0.0603. The fourth-order valence-corrected chi connectivity index (χ4v) is 4.41. The third-order valence-corrected chi connectivity index (χ3v) is 5.95. The normalized spacial score (nSPS) is 21.6. The lowest BCUT2D eigenvalue weighted by molar-refractivity contribution is 0.194. The van der Waals surface area contributed by atoms with Crippen molar-refractivity contribution in [1.82, 2.24) is 19.7 Å². The molecule has 1 N–H and O–H groups in total. The van der Waals surface area contributed by atoms with Gasteiger partial charge in [-0.05, 0) is 62.8 Å². The first-order valence-electron chi connectivity index (χ1n) is 10.2. The van der Waals surface area contributed by atoms with E-state index < -0.39 is 0 Å². The van der Waals surface area contributed by atoms with Crippen molar-refractivity contribution in [2.75, 3.05) is 13.1 Å². The number of aliphatic hydroxyl groups excluding tert-OH is 1. The van der Waals surface area contributed by atoms with Crippen molar-refractivity contribution >= 4 is 0 Å². The van der Waals surface area contributed by atoms with Gasteiger partial charge in [-0.1, -0.05) is 12.1 Å². The Morgan fingerprint density at radius 1 is 1.07 bits per heavy atom. The van der Waals surface area contributed by atoms with Crippen molar-refractivity contribution in [2.45, 2.75) is 63.7 Å². The fraction of sp³-hybridized carbons (Fsp3) is 0.619. The van der Waals surface area contributed by atoms with E-state index in [9.17, 15) is 5.11 Å². The first-order valence-corrected chi connectivity index (χ1v) is 10.2. The van der Waals surface area contributed by atoms with Gasteiger partial charge in [0.15, 0.2) is 5.82 Å². The molecule has 4 rings (SSSR count). The molecule has 6 nitrogen and oxygen atoms in total. The molecule has 1 aromatic carbocycles. The van der Waals surface area contributed by atoms with Crippen molar-refractivity contribution in [2.24, 2.45) is 7.05 Å². The highest BCUT2D eigenvalue weighted by atomic mass is 16.5. The minimum Gasteiger partial charge on any atom is -0.490 e. The zero-order chi connectivity index (χ0) is 18.6. The highest BCUT2D eigenvalue weighted by molar-refractivity contribution is 5.27. The number of likely N-dealkylation sites (tertiary alicyclic amines) is 1. The van der Waals surface area contributed by atoms with E-state index in [0.717, 1.165) is 44.0 Å². The van der Waals surface area contributed by atoms with Crippen LogP contribution in [-0.2, 0) is 20.2 Å². The van der Waals surface area contributed by atoms with Crippen LogP contribution < -0.4 is 4.74 Å². The van der Waals surface area contributed by atoms with Crippen LogP contribution in [0.3, 0.4) is 0 Å². The van der Waals surface area contributed by atoms with Crippen LogP contribution >= 0.6 is 0 Å². The second kappa shape index (κ2) is 8.40. The molecule has 0 bridgehead atoms. The quantitative estimate of drug-likeness (QED) is 0.847. The summed E-state index contributed by atoms with van der Waals surface area (Å²) in [4.78, 5) is 2.49. The Morgan fingerprint density at radius 3 is 2.56 bits per heavy atom. The van der Waals surface area contributed by atoms with Gasteiger partial charge in [0.25, 0.3) is 0 Å². The standard InChI is InChI=1S/C21H30N4O2/c1-24-20(15-26)22-23-21(24)17-5-4-12-25(14-17)13-16-8-10-19(11-9-16)27-18-6-2-3-7-18/h8-11,17-18,26H,2-7,12-15H2,1H3/t17-/m0/s1. The fourth-order valence-electron chi connectivity index (χ4n) is 4.41. The Labute approximate surface area is 161 Å². The van der Waals surface area contributed by atoms with Gasteiger partial charge in [-0.15, -0.1) is 10.2 Å². The second-order valence-corrected chi connectivity index (χ2v) is 7.93. The maximum absolute atomic E-state index is 9.34. The molecule has 27 heavy (non-hydrogen) atoms. The van der Waals surface area contributed by atoms with E-state index in [4.69, 9.17) is 4.74 Å². The van der Waals surface area contributed by atoms with Gasteiger partial charge in [0.2, 0.25) is 0 Å². The first-order chi connectivity index (χ1) is 13.2. The van der Waals surface area contributed by atoms with Crippen molar-refractivity contribution in [3.8, 4) is 5.75 Å². The lowest BCUT2D eigenvalue weighted by Crippen LogP contribution is -2.34. The average molecular weight is 370 g/mol. The van der Waals surface area contributed by atoms with Gasteiger partial charge in [0.05, 0.1) is 6.10 Å². The van der Waals surface area contributed by atoms with Crippen LogP contribution in [0.25, 0.3) is 0 Å². The molecule has 2 aromatic rings. The Bertz CT molecular complexity index is 737. The smallest absolute Gasteiger partial charge is 0.158 e. The van der Waals surface area contributed by atoms with Crippen molar-refractivity contribution in [3.05, 3.63) is 41.5 Å². The van der Waals surface area contributed by atoms with Crippen LogP contribution in [0.15, 0.2) is 24.3 Å². The molecule has 1 saturated heterocycles. The van der Waals surface area contributed by atoms with Crippen LogP contribution in [0.2, 0.25) is 0 Å². The second-order valence-electron chi connectivity index (χ2n) is 7.93. The minimum atomic E-state index is -0.0603.